The number of para-hydroxylation sites is 1. The molecule has 6 rings (SSSR count). The number of rotatable bonds is 3. The minimum Gasteiger partial charge on any atom is -0.356 e. The molecule has 8 heteroatoms. The van der Waals surface area contributed by atoms with Crippen LogP contribution in [0, 0.1) is 0 Å². The van der Waals surface area contributed by atoms with E-state index in [2.05, 4.69) is 27.0 Å². The molecule has 0 unspecified atom stereocenters. The molecule has 2 aliphatic rings. The fraction of sp³-hybridized carbons (Fsp3) is 0.185. The zero-order valence-corrected chi connectivity index (χ0v) is 21.6. The van der Waals surface area contributed by atoms with Gasteiger partial charge in [-0.05, 0) is 47.0 Å². The molecule has 0 saturated carbocycles. The van der Waals surface area contributed by atoms with E-state index in [4.69, 9.17) is 23.2 Å². The van der Waals surface area contributed by atoms with Crippen molar-refractivity contribution < 1.29 is 9.59 Å². The Labute approximate surface area is 220 Å². The van der Waals surface area contributed by atoms with Gasteiger partial charge in [-0.25, -0.2) is 0 Å². The molecule has 5 nitrogen and oxygen atoms in total. The van der Waals surface area contributed by atoms with Gasteiger partial charge in [0.25, 0.3) is 0 Å². The number of carbonyl (C=O) groups is 2. The second-order valence-electron chi connectivity index (χ2n) is 8.97. The van der Waals surface area contributed by atoms with Gasteiger partial charge in [-0.3, -0.25) is 9.59 Å². The van der Waals surface area contributed by atoms with Gasteiger partial charge >= 0.3 is 0 Å². The van der Waals surface area contributed by atoms with Crippen molar-refractivity contribution in [3.8, 4) is 0 Å². The van der Waals surface area contributed by atoms with Crippen molar-refractivity contribution in [1.82, 2.24) is 14.8 Å². The normalized spacial score (nSPS) is 19.7. The van der Waals surface area contributed by atoms with Crippen molar-refractivity contribution in [1.29, 1.82) is 0 Å². The van der Waals surface area contributed by atoms with Crippen LogP contribution in [0.2, 0.25) is 10.0 Å². The van der Waals surface area contributed by atoms with E-state index < -0.39 is 6.04 Å². The van der Waals surface area contributed by atoms with Crippen molar-refractivity contribution >= 4 is 61.8 Å². The van der Waals surface area contributed by atoms with Crippen LogP contribution in [0.3, 0.4) is 0 Å². The van der Waals surface area contributed by atoms with E-state index in [1.807, 2.05) is 42.5 Å². The third kappa shape index (κ3) is 3.84. The first-order chi connectivity index (χ1) is 16.9. The van der Waals surface area contributed by atoms with Crippen molar-refractivity contribution in [2.45, 2.75) is 25.0 Å². The first kappa shape index (κ1) is 22.7. The number of fused-ring (bicyclic) bond motifs is 4. The Bertz CT molecular complexity index is 1500. The summed E-state index contributed by atoms with van der Waals surface area (Å²) in [5.41, 5.74) is 4.77. The van der Waals surface area contributed by atoms with Gasteiger partial charge in [0.2, 0.25) is 11.8 Å². The van der Waals surface area contributed by atoms with Gasteiger partial charge < -0.3 is 14.8 Å². The number of aromatic nitrogens is 1. The molecule has 1 fully saturated rings. The fourth-order valence-corrected chi connectivity index (χ4v) is 6.22. The molecule has 0 bridgehead atoms. The third-order valence-electron chi connectivity index (χ3n) is 6.88. The number of hydrogen-bond acceptors (Lipinski definition) is 2. The Morgan fingerprint density at radius 3 is 2.63 bits per heavy atom. The van der Waals surface area contributed by atoms with Gasteiger partial charge in [0.05, 0.1) is 6.04 Å². The SMILES string of the molecule is O=C1[C@@H]2Cc3c([nH]c4ccccc34)[C@@H](c3cccc(Br)c3)N2C(=O)CN1Cc1ccc(Cl)cc1Cl. The Morgan fingerprint density at radius 1 is 1.00 bits per heavy atom. The maximum Gasteiger partial charge on any atom is 0.246 e. The molecule has 1 N–H and O–H groups in total. The van der Waals surface area contributed by atoms with Gasteiger partial charge in [-0.15, -0.1) is 0 Å². The lowest BCUT2D eigenvalue weighted by molar-refractivity contribution is -0.159. The van der Waals surface area contributed by atoms with Crippen LogP contribution in [0.5, 0.6) is 0 Å². The average molecular weight is 569 g/mol. The van der Waals surface area contributed by atoms with E-state index in [1.54, 1.807) is 28.0 Å². The summed E-state index contributed by atoms with van der Waals surface area (Å²) in [5, 5.41) is 2.09. The molecule has 1 aromatic heterocycles. The van der Waals surface area contributed by atoms with Crippen molar-refractivity contribution in [2.75, 3.05) is 6.54 Å². The Hall–Kier alpha value is -2.80. The molecule has 2 aliphatic heterocycles. The molecule has 0 radical (unpaired) electrons. The molecule has 1 saturated heterocycles. The van der Waals surface area contributed by atoms with E-state index in [0.717, 1.165) is 37.8 Å². The summed E-state index contributed by atoms with van der Waals surface area (Å²) in [6.07, 6.45) is 0.458. The van der Waals surface area contributed by atoms with Gasteiger partial charge in [0.15, 0.2) is 0 Å². The highest BCUT2D eigenvalue weighted by molar-refractivity contribution is 9.10. The van der Waals surface area contributed by atoms with Crippen molar-refractivity contribution in [3.63, 3.8) is 0 Å². The average Bonchev–Trinajstić information content (AvgIpc) is 3.21. The fourth-order valence-electron chi connectivity index (χ4n) is 5.34. The summed E-state index contributed by atoms with van der Waals surface area (Å²) >= 11 is 16.0. The van der Waals surface area contributed by atoms with E-state index in [-0.39, 0.29) is 30.9 Å². The molecule has 176 valence electrons. The van der Waals surface area contributed by atoms with Gasteiger partial charge in [-0.2, -0.15) is 0 Å². The second-order valence-corrected chi connectivity index (χ2v) is 10.7. The number of piperazine rings is 1. The maximum atomic E-state index is 13.8. The molecular weight excluding hydrogens is 549 g/mol. The summed E-state index contributed by atoms with van der Waals surface area (Å²) in [6.45, 7) is 0.252. The van der Waals surface area contributed by atoms with Gasteiger partial charge in [0.1, 0.15) is 12.6 Å². The number of nitrogens with zero attached hydrogens (tertiary/aromatic N) is 2. The van der Waals surface area contributed by atoms with E-state index in [9.17, 15) is 9.59 Å². The number of carbonyl (C=O) groups excluding carboxylic acids is 2. The number of aromatic amines is 1. The van der Waals surface area contributed by atoms with E-state index >= 15 is 0 Å². The molecule has 35 heavy (non-hydrogen) atoms. The molecule has 0 aliphatic carbocycles. The predicted molar refractivity (Wildman–Crippen MR) is 141 cm³/mol. The summed E-state index contributed by atoms with van der Waals surface area (Å²) in [7, 11) is 0. The first-order valence-corrected chi connectivity index (χ1v) is 12.8. The number of nitrogens with one attached hydrogen (secondary N) is 1. The number of H-pyrrole nitrogens is 1. The molecule has 2 amide bonds. The molecule has 3 heterocycles. The maximum absolute atomic E-state index is 13.8. The standard InChI is InChI=1S/C27H20BrCl2N3O2/c28-17-5-3-4-15(10-17)26-25-20(19-6-1-2-7-22(19)31-25)12-23-27(35)32(14-24(34)33(23)26)13-16-8-9-18(29)11-21(16)30/h1-11,23,26,31H,12-14H2/t23-,26+/m0/s1. The number of amides is 2. The first-order valence-electron chi connectivity index (χ1n) is 11.3. The lowest BCUT2D eigenvalue weighted by Gasteiger charge is -2.47. The number of halogens is 3. The lowest BCUT2D eigenvalue weighted by Crippen LogP contribution is -2.62. The number of benzene rings is 3. The van der Waals surface area contributed by atoms with Gasteiger partial charge in [-0.1, -0.05) is 75.5 Å². The van der Waals surface area contributed by atoms with Crippen molar-refractivity contribution in [2.24, 2.45) is 0 Å². The highest BCUT2D eigenvalue weighted by Crippen LogP contribution is 2.43. The Morgan fingerprint density at radius 2 is 1.83 bits per heavy atom. The monoisotopic (exact) mass is 567 g/mol. The minimum absolute atomic E-state index is 0.00560. The molecule has 4 aromatic rings. The number of hydrogen-bond donors (Lipinski definition) is 1. The van der Waals surface area contributed by atoms with Crippen LogP contribution < -0.4 is 0 Å². The Kier molecular flexibility index (Phi) is 5.63. The zero-order valence-electron chi connectivity index (χ0n) is 18.5. The van der Waals surface area contributed by atoms with E-state index in [1.165, 1.54) is 0 Å². The smallest absolute Gasteiger partial charge is 0.246 e. The molecule has 3 aromatic carbocycles. The summed E-state index contributed by atoms with van der Waals surface area (Å²) in [5.74, 6) is -0.166. The molecular formula is C27H20BrCl2N3O2. The van der Waals surface area contributed by atoms with Crippen molar-refractivity contribution in [3.05, 3.63) is 104 Å². The highest BCUT2D eigenvalue weighted by Gasteiger charge is 2.48. The quantitative estimate of drug-likeness (QED) is 0.323. The summed E-state index contributed by atoms with van der Waals surface area (Å²) in [6, 6.07) is 20.2. The topological polar surface area (TPSA) is 56.4 Å². The minimum atomic E-state index is -0.599. The van der Waals surface area contributed by atoms with Crippen LogP contribution >= 0.6 is 39.1 Å². The summed E-state index contributed by atoms with van der Waals surface area (Å²) in [4.78, 5) is 34.4. The second kappa shape index (κ2) is 8.70. The van der Waals surface area contributed by atoms with Crippen LogP contribution in [0.4, 0.5) is 0 Å². The highest BCUT2D eigenvalue weighted by atomic mass is 79.9. The van der Waals surface area contributed by atoms with Crippen LogP contribution in [-0.4, -0.2) is 39.2 Å². The Balaban J connectivity index is 1.45. The predicted octanol–water partition coefficient (Wildman–Crippen LogP) is 6.12. The van der Waals surface area contributed by atoms with Gasteiger partial charge in [0, 0.05) is 44.1 Å². The zero-order chi connectivity index (χ0) is 24.3. The van der Waals surface area contributed by atoms with Crippen LogP contribution in [0.1, 0.15) is 28.4 Å². The molecule has 0 spiro atoms. The molecule has 2 atom stereocenters. The van der Waals surface area contributed by atoms with E-state index in [0.29, 0.717) is 16.5 Å². The third-order valence-corrected chi connectivity index (χ3v) is 7.96. The van der Waals surface area contributed by atoms with Crippen LogP contribution in [0.15, 0.2) is 71.2 Å². The van der Waals surface area contributed by atoms with Crippen LogP contribution in [0.25, 0.3) is 10.9 Å². The largest absolute Gasteiger partial charge is 0.356 e. The lowest BCUT2D eigenvalue weighted by atomic mass is 9.86. The van der Waals surface area contributed by atoms with Crippen LogP contribution in [-0.2, 0) is 22.6 Å². The summed E-state index contributed by atoms with van der Waals surface area (Å²) < 4.78 is 0.921.